The van der Waals surface area contributed by atoms with Crippen LogP contribution in [0.3, 0.4) is 0 Å². The van der Waals surface area contributed by atoms with E-state index in [0.717, 1.165) is 27.9 Å². The van der Waals surface area contributed by atoms with Gasteiger partial charge in [-0.15, -0.1) is 0 Å². The van der Waals surface area contributed by atoms with Crippen LogP contribution in [0, 0.1) is 49.1 Å². The number of nitriles is 1. The number of ether oxygens (including phenoxy) is 2. The number of nitro groups is 1. The molecule has 3 heterocycles. The van der Waals surface area contributed by atoms with Gasteiger partial charge in [0.25, 0.3) is 0 Å². The molecule has 4 aromatic rings. The molecule has 0 spiro atoms. The molecule has 0 saturated heterocycles. The number of nitrogens with two attached hydrogens (primary N) is 1. The van der Waals surface area contributed by atoms with Crippen molar-refractivity contribution in [3.8, 4) is 23.4 Å². The van der Waals surface area contributed by atoms with E-state index in [0.29, 0.717) is 28.7 Å². The van der Waals surface area contributed by atoms with Crippen LogP contribution in [0.4, 0.5) is 5.69 Å². The molecule has 1 atom stereocenters. The fraction of sp³-hybridized carbons (Fsp3) is 0.250. The lowest BCUT2D eigenvalue weighted by molar-refractivity contribution is -0.386. The molecule has 2 N–H and O–H groups in total. The summed E-state index contributed by atoms with van der Waals surface area (Å²) in [5.74, 6) is 0.500. The Labute approximate surface area is 224 Å². The van der Waals surface area contributed by atoms with Gasteiger partial charge in [0.05, 0.1) is 41.4 Å². The van der Waals surface area contributed by atoms with Crippen LogP contribution in [0.15, 0.2) is 53.9 Å². The highest BCUT2D eigenvalue weighted by atomic mass is 16.6. The van der Waals surface area contributed by atoms with Crippen LogP contribution in [-0.4, -0.2) is 31.6 Å². The maximum Gasteiger partial charge on any atom is 0.312 e. The lowest BCUT2D eigenvalue weighted by atomic mass is 9.83. The van der Waals surface area contributed by atoms with Crippen molar-refractivity contribution in [2.45, 2.75) is 40.2 Å². The number of benzene rings is 2. The zero-order chi connectivity index (χ0) is 28.0. The van der Waals surface area contributed by atoms with Gasteiger partial charge in [0.2, 0.25) is 11.8 Å². The van der Waals surface area contributed by atoms with E-state index in [-0.39, 0.29) is 23.7 Å². The van der Waals surface area contributed by atoms with Crippen LogP contribution >= 0.6 is 0 Å². The Morgan fingerprint density at radius 3 is 2.46 bits per heavy atom. The molecule has 11 heteroatoms. The standard InChI is InChI=1S/C28H27N7O4/c1-15-6-9-21(10-7-15)34-28-24(16(2)32-34)25(22(13-29)27(30)39-28)19-8-11-23(38-5)20(12-19)14-33-18(4)26(35(36)37)17(3)31-33/h6-12,25H,14,30H2,1-5H3/t25-/m0/s1. The lowest BCUT2D eigenvalue weighted by Gasteiger charge is -2.25. The molecule has 0 radical (unpaired) electrons. The normalized spacial score (nSPS) is 14.5. The summed E-state index contributed by atoms with van der Waals surface area (Å²) in [5.41, 5.74) is 12.2. The van der Waals surface area contributed by atoms with Gasteiger partial charge in [-0.3, -0.25) is 14.8 Å². The largest absolute Gasteiger partial charge is 0.496 e. The fourth-order valence-corrected chi connectivity index (χ4v) is 5.08. The molecule has 5 rings (SSSR count). The average Bonchev–Trinajstić information content (AvgIpc) is 3.38. The number of methoxy groups -OCH3 is 1. The van der Waals surface area contributed by atoms with Crippen molar-refractivity contribution in [2.75, 3.05) is 7.11 Å². The molecule has 0 fully saturated rings. The Bertz CT molecular complexity index is 1690. The van der Waals surface area contributed by atoms with E-state index >= 15 is 0 Å². The third kappa shape index (κ3) is 4.25. The molecular formula is C28H27N7O4. The van der Waals surface area contributed by atoms with Crippen molar-refractivity contribution in [2.24, 2.45) is 5.73 Å². The van der Waals surface area contributed by atoms with E-state index in [1.807, 2.05) is 56.3 Å². The molecule has 0 saturated carbocycles. The summed E-state index contributed by atoms with van der Waals surface area (Å²) in [6, 6.07) is 15.7. The predicted octanol–water partition coefficient (Wildman–Crippen LogP) is 4.49. The van der Waals surface area contributed by atoms with Crippen LogP contribution in [0.25, 0.3) is 5.69 Å². The van der Waals surface area contributed by atoms with Gasteiger partial charge in [-0.1, -0.05) is 23.8 Å². The molecule has 198 valence electrons. The van der Waals surface area contributed by atoms with Crippen LogP contribution in [0.2, 0.25) is 0 Å². The van der Waals surface area contributed by atoms with E-state index in [1.54, 1.807) is 30.3 Å². The number of allylic oxidation sites excluding steroid dienone is 1. The molecule has 39 heavy (non-hydrogen) atoms. The van der Waals surface area contributed by atoms with Crippen molar-refractivity contribution >= 4 is 5.69 Å². The minimum Gasteiger partial charge on any atom is -0.496 e. The summed E-state index contributed by atoms with van der Waals surface area (Å²) >= 11 is 0. The first-order valence-corrected chi connectivity index (χ1v) is 12.2. The summed E-state index contributed by atoms with van der Waals surface area (Å²) in [6.07, 6.45) is 0. The monoisotopic (exact) mass is 525 g/mol. The van der Waals surface area contributed by atoms with Crippen LogP contribution in [-0.2, 0) is 6.54 Å². The molecule has 2 aromatic carbocycles. The summed E-state index contributed by atoms with van der Waals surface area (Å²) in [5, 5.41) is 30.7. The first-order valence-electron chi connectivity index (χ1n) is 12.2. The molecule has 2 aromatic heterocycles. The first kappa shape index (κ1) is 25.5. The molecular weight excluding hydrogens is 498 g/mol. The maximum absolute atomic E-state index is 11.5. The number of hydrogen-bond acceptors (Lipinski definition) is 8. The molecule has 0 unspecified atom stereocenters. The second-order valence-corrected chi connectivity index (χ2v) is 9.48. The summed E-state index contributed by atoms with van der Waals surface area (Å²) in [6.45, 7) is 7.39. The van der Waals surface area contributed by atoms with E-state index in [9.17, 15) is 15.4 Å². The molecule has 1 aliphatic rings. The highest BCUT2D eigenvalue weighted by Gasteiger charge is 2.36. The Kier molecular flexibility index (Phi) is 6.32. The Hall–Kier alpha value is -5.11. The number of rotatable bonds is 6. The minimum atomic E-state index is -0.544. The molecule has 0 aliphatic carbocycles. The van der Waals surface area contributed by atoms with Gasteiger partial charge in [0.1, 0.15) is 28.8 Å². The number of fused-ring (bicyclic) bond motifs is 1. The second kappa shape index (κ2) is 9.64. The Morgan fingerprint density at radius 2 is 1.85 bits per heavy atom. The van der Waals surface area contributed by atoms with Crippen molar-refractivity contribution in [3.63, 3.8) is 0 Å². The van der Waals surface area contributed by atoms with Crippen molar-refractivity contribution in [1.29, 1.82) is 5.26 Å². The number of hydrogen-bond donors (Lipinski definition) is 1. The summed E-state index contributed by atoms with van der Waals surface area (Å²) in [7, 11) is 1.56. The second-order valence-electron chi connectivity index (χ2n) is 9.48. The van der Waals surface area contributed by atoms with Crippen LogP contribution < -0.4 is 15.2 Å². The van der Waals surface area contributed by atoms with Gasteiger partial charge >= 0.3 is 5.69 Å². The van der Waals surface area contributed by atoms with E-state index in [2.05, 4.69) is 11.2 Å². The molecule has 0 bridgehead atoms. The SMILES string of the molecule is COc1ccc([C@H]2C(C#N)=C(N)Oc3c2c(C)nn3-c2ccc(C)cc2)cc1Cn1nc(C)c([N+](=O)[O-])c1C. The molecule has 0 amide bonds. The third-order valence-electron chi connectivity index (χ3n) is 6.99. The maximum atomic E-state index is 11.5. The third-order valence-corrected chi connectivity index (χ3v) is 6.99. The quantitative estimate of drug-likeness (QED) is 0.286. The number of aryl methyl sites for hydroxylation is 3. The smallest absolute Gasteiger partial charge is 0.312 e. The topological polar surface area (TPSA) is 147 Å². The Morgan fingerprint density at radius 1 is 1.13 bits per heavy atom. The highest BCUT2D eigenvalue weighted by molar-refractivity contribution is 5.58. The van der Waals surface area contributed by atoms with Gasteiger partial charge in [0.15, 0.2) is 0 Å². The van der Waals surface area contributed by atoms with Gasteiger partial charge < -0.3 is 15.2 Å². The van der Waals surface area contributed by atoms with Gasteiger partial charge in [-0.05, 0) is 57.5 Å². The number of nitrogens with zero attached hydrogens (tertiary/aromatic N) is 6. The zero-order valence-corrected chi connectivity index (χ0v) is 22.2. The summed E-state index contributed by atoms with van der Waals surface area (Å²) < 4.78 is 14.9. The minimum absolute atomic E-state index is 0.00907. The predicted molar refractivity (Wildman–Crippen MR) is 143 cm³/mol. The Balaban J connectivity index is 1.65. The van der Waals surface area contributed by atoms with Gasteiger partial charge in [-0.2, -0.15) is 15.5 Å². The van der Waals surface area contributed by atoms with E-state index in [1.165, 1.54) is 0 Å². The van der Waals surface area contributed by atoms with Gasteiger partial charge in [0, 0.05) is 5.56 Å². The van der Waals surface area contributed by atoms with Gasteiger partial charge in [-0.25, -0.2) is 4.68 Å². The first-order chi connectivity index (χ1) is 18.6. The van der Waals surface area contributed by atoms with Crippen LogP contribution in [0.1, 0.15) is 45.3 Å². The molecule has 1 aliphatic heterocycles. The van der Waals surface area contributed by atoms with E-state index < -0.39 is 10.8 Å². The van der Waals surface area contributed by atoms with Crippen molar-refractivity contribution in [3.05, 3.63) is 103 Å². The van der Waals surface area contributed by atoms with Crippen molar-refractivity contribution in [1.82, 2.24) is 19.6 Å². The molecule has 11 nitrogen and oxygen atoms in total. The average molecular weight is 526 g/mol. The zero-order valence-electron chi connectivity index (χ0n) is 22.2. The van der Waals surface area contributed by atoms with E-state index in [4.69, 9.17) is 20.3 Å². The summed E-state index contributed by atoms with van der Waals surface area (Å²) in [4.78, 5) is 11.1. The highest BCUT2D eigenvalue weighted by Crippen LogP contribution is 2.45. The lowest BCUT2D eigenvalue weighted by Crippen LogP contribution is -2.22. The number of aromatic nitrogens is 4. The van der Waals surface area contributed by atoms with Crippen molar-refractivity contribution < 1.29 is 14.4 Å². The van der Waals surface area contributed by atoms with Crippen LogP contribution in [0.5, 0.6) is 11.6 Å². The fourth-order valence-electron chi connectivity index (χ4n) is 5.08.